The third kappa shape index (κ3) is 3.30. The molecule has 16 heavy (non-hydrogen) atoms. The number of benzene rings is 1. The van der Waals surface area contributed by atoms with Gasteiger partial charge in [-0.3, -0.25) is 4.79 Å². The molecular formula is C11H11BrN2OS. The molecule has 5 heteroatoms. The topological polar surface area (TPSA) is 44.9 Å². The van der Waals surface area contributed by atoms with Gasteiger partial charge in [-0.25, -0.2) is 0 Å². The number of thiazole rings is 1. The van der Waals surface area contributed by atoms with Crippen molar-refractivity contribution in [2.45, 2.75) is 13.1 Å². The van der Waals surface area contributed by atoms with E-state index >= 15 is 0 Å². The fourth-order valence-electron chi connectivity index (χ4n) is 1.34. The lowest BCUT2D eigenvalue weighted by molar-refractivity contribution is 0.681. The van der Waals surface area contributed by atoms with E-state index in [0.717, 1.165) is 16.7 Å². The van der Waals surface area contributed by atoms with E-state index in [-0.39, 0.29) is 4.87 Å². The molecule has 0 atom stereocenters. The van der Waals surface area contributed by atoms with Crippen molar-refractivity contribution in [3.05, 3.63) is 55.0 Å². The molecule has 2 rings (SSSR count). The maximum absolute atomic E-state index is 10.9. The van der Waals surface area contributed by atoms with Crippen LogP contribution in [0.5, 0.6) is 0 Å². The quantitative estimate of drug-likeness (QED) is 0.911. The molecule has 3 nitrogen and oxygen atoms in total. The van der Waals surface area contributed by atoms with Gasteiger partial charge in [0, 0.05) is 28.6 Å². The van der Waals surface area contributed by atoms with Gasteiger partial charge in [0.1, 0.15) is 0 Å². The Bertz CT molecular complexity index is 503. The van der Waals surface area contributed by atoms with Gasteiger partial charge in [-0.1, -0.05) is 39.4 Å². The zero-order chi connectivity index (χ0) is 11.4. The monoisotopic (exact) mass is 298 g/mol. The Kier molecular flexibility index (Phi) is 3.93. The molecular weight excluding hydrogens is 288 g/mol. The van der Waals surface area contributed by atoms with Gasteiger partial charge in [0.05, 0.1) is 0 Å². The zero-order valence-corrected chi connectivity index (χ0v) is 10.9. The second-order valence-corrected chi connectivity index (χ2v) is 5.16. The summed E-state index contributed by atoms with van der Waals surface area (Å²) in [6, 6.07) is 8.16. The molecule has 0 saturated heterocycles. The standard InChI is InChI=1S/C11H11BrN2OS/c12-9-3-1-8(2-4-9)5-13-6-10-7-16-11(15)14-10/h1-4,7,13H,5-6H2,(H,14,15). The van der Waals surface area contributed by atoms with Gasteiger partial charge in [-0.05, 0) is 17.7 Å². The van der Waals surface area contributed by atoms with Crippen molar-refractivity contribution < 1.29 is 0 Å². The summed E-state index contributed by atoms with van der Waals surface area (Å²) in [5, 5.41) is 5.12. The van der Waals surface area contributed by atoms with E-state index in [4.69, 9.17) is 0 Å². The minimum Gasteiger partial charge on any atom is -0.315 e. The Morgan fingerprint density at radius 3 is 2.62 bits per heavy atom. The van der Waals surface area contributed by atoms with E-state index < -0.39 is 0 Å². The summed E-state index contributed by atoms with van der Waals surface area (Å²) in [5.41, 5.74) is 2.16. The SMILES string of the molecule is O=c1[nH]c(CNCc2ccc(Br)cc2)cs1. The van der Waals surface area contributed by atoms with Crippen molar-refractivity contribution in [1.29, 1.82) is 0 Å². The molecule has 0 saturated carbocycles. The molecule has 84 valence electrons. The first kappa shape index (κ1) is 11.6. The average Bonchev–Trinajstić information content (AvgIpc) is 2.67. The molecule has 1 heterocycles. The molecule has 0 aliphatic carbocycles. The third-order valence-corrected chi connectivity index (χ3v) is 3.38. The smallest absolute Gasteiger partial charge is 0.304 e. The van der Waals surface area contributed by atoms with Crippen LogP contribution in [0.3, 0.4) is 0 Å². The van der Waals surface area contributed by atoms with Crippen LogP contribution in [0.4, 0.5) is 0 Å². The van der Waals surface area contributed by atoms with Crippen molar-refractivity contribution in [3.63, 3.8) is 0 Å². The minimum atomic E-state index is 0.000409. The normalized spacial score (nSPS) is 10.6. The molecule has 1 aromatic heterocycles. The molecule has 0 bridgehead atoms. The lowest BCUT2D eigenvalue weighted by Gasteiger charge is -2.03. The van der Waals surface area contributed by atoms with Gasteiger partial charge in [0.25, 0.3) is 0 Å². The van der Waals surface area contributed by atoms with Crippen LogP contribution in [0, 0.1) is 0 Å². The van der Waals surface area contributed by atoms with Crippen LogP contribution >= 0.6 is 27.3 Å². The van der Waals surface area contributed by atoms with Crippen LogP contribution in [-0.4, -0.2) is 4.98 Å². The van der Waals surface area contributed by atoms with Crippen LogP contribution in [0.1, 0.15) is 11.3 Å². The zero-order valence-electron chi connectivity index (χ0n) is 8.50. The van der Waals surface area contributed by atoms with E-state index in [0.29, 0.717) is 6.54 Å². The van der Waals surface area contributed by atoms with E-state index in [1.165, 1.54) is 16.9 Å². The van der Waals surface area contributed by atoms with Crippen LogP contribution in [0.2, 0.25) is 0 Å². The lowest BCUT2D eigenvalue weighted by Crippen LogP contribution is -2.13. The Labute approximate surface area is 106 Å². The Balaban J connectivity index is 1.84. The summed E-state index contributed by atoms with van der Waals surface area (Å²) in [6.45, 7) is 1.49. The first-order valence-corrected chi connectivity index (χ1v) is 6.53. The number of halogens is 1. The molecule has 0 aliphatic rings. The van der Waals surface area contributed by atoms with Crippen molar-refractivity contribution in [1.82, 2.24) is 10.3 Å². The number of rotatable bonds is 4. The lowest BCUT2D eigenvalue weighted by atomic mass is 10.2. The van der Waals surface area contributed by atoms with E-state index in [9.17, 15) is 4.79 Å². The summed E-state index contributed by atoms with van der Waals surface area (Å²) in [4.78, 5) is 13.7. The van der Waals surface area contributed by atoms with Gasteiger partial charge in [-0.15, -0.1) is 0 Å². The van der Waals surface area contributed by atoms with E-state index in [1.54, 1.807) is 0 Å². The summed E-state index contributed by atoms with van der Waals surface area (Å²) >= 11 is 4.59. The van der Waals surface area contributed by atoms with Crippen molar-refractivity contribution in [2.24, 2.45) is 0 Å². The maximum Gasteiger partial charge on any atom is 0.304 e. The third-order valence-electron chi connectivity index (χ3n) is 2.13. The highest BCUT2D eigenvalue weighted by atomic mass is 79.9. The van der Waals surface area contributed by atoms with E-state index in [1.807, 2.05) is 17.5 Å². The number of aromatic amines is 1. The summed E-state index contributed by atoms with van der Waals surface area (Å²) in [5.74, 6) is 0. The van der Waals surface area contributed by atoms with Crippen molar-refractivity contribution >= 4 is 27.3 Å². The van der Waals surface area contributed by atoms with Crippen LogP contribution < -0.4 is 10.2 Å². The van der Waals surface area contributed by atoms with Gasteiger partial charge >= 0.3 is 4.87 Å². The maximum atomic E-state index is 10.9. The van der Waals surface area contributed by atoms with Gasteiger partial charge in [0.2, 0.25) is 0 Å². The largest absolute Gasteiger partial charge is 0.315 e. The second kappa shape index (κ2) is 5.43. The predicted molar refractivity (Wildman–Crippen MR) is 69.6 cm³/mol. The molecule has 1 aromatic carbocycles. The van der Waals surface area contributed by atoms with Crippen LogP contribution in [0.15, 0.2) is 38.9 Å². The van der Waals surface area contributed by atoms with Gasteiger partial charge in [-0.2, -0.15) is 0 Å². The minimum absolute atomic E-state index is 0.000409. The van der Waals surface area contributed by atoms with Crippen molar-refractivity contribution in [2.75, 3.05) is 0 Å². The predicted octanol–water partition coefficient (Wildman–Crippen LogP) is 2.49. The van der Waals surface area contributed by atoms with Gasteiger partial charge < -0.3 is 10.3 Å². The highest BCUT2D eigenvalue weighted by molar-refractivity contribution is 9.10. The summed E-state index contributed by atoms with van der Waals surface area (Å²) < 4.78 is 1.08. The molecule has 0 amide bonds. The van der Waals surface area contributed by atoms with Gasteiger partial charge in [0.15, 0.2) is 0 Å². The molecule has 0 radical (unpaired) electrons. The highest BCUT2D eigenvalue weighted by Gasteiger charge is 1.96. The summed E-state index contributed by atoms with van der Waals surface area (Å²) in [6.07, 6.45) is 0. The molecule has 0 unspecified atom stereocenters. The number of hydrogen-bond acceptors (Lipinski definition) is 3. The number of hydrogen-bond donors (Lipinski definition) is 2. The number of aromatic nitrogens is 1. The van der Waals surface area contributed by atoms with E-state index in [2.05, 4.69) is 38.4 Å². The highest BCUT2D eigenvalue weighted by Crippen LogP contribution is 2.10. The molecule has 0 spiro atoms. The molecule has 0 fully saturated rings. The first-order valence-electron chi connectivity index (χ1n) is 4.86. The Morgan fingerprint density at radius 2 is 2.00 bits per heavy atom. The molecule has 0 aliphatic heterocycles. The Hall–Kier alpha value is -0.910. The number of nitrogens with one attached hydrogen (secondary N) is 2. The Morgan fingerprint density at radius 1 is 1.25 bits per heavy atom. The second-order valence-electron chi connectivity index (χ2n) is 3.40. The van der Waals surface area contributed by atoms with Crippen molar-refractivity contribution in [3.8, 4) is 0 Å². The van der Waals surface area contributed by atoms with Crippen LogP contribution in [-0.2, 0) is 13.1 Å². The van der Waals surface area contributed by atoms with Crippen LogP contribution in [0.25, 0.3) is 0 Å². The molecule has 2 N–H and O–H groups in total. The summed E-state index contributed by atoms with van der Waals surface area (Å²) in [7, 11) is 0. The molecule has 2 aromatic rings. The fraction of sp³-hybridized carbons (Fsp3) is 0.182. The average molecular weight is 299 g/mol. The number of H-pyrrole nitrogens is 1. The first-order chi connectivity index (χ1) is 7.74. The fourth-order valence-corrected chi connectivity index (χ4v) is 2.19.